The normalized spacial score (nSPS) is 20.4. The number of nitrogens with one attached hydrogen (secondary N) is 1. The Morgan fingerprint density at radius 2 is 2.00 bits per heavy atom. The fourth-order valence-corrected chi connectivity index (χ4v) is 3.86. The van der Waals surface area contributed by atoms with E-state index in [0.29, 0.717) is 12.1 Å². The average molecular weight is 297 g/mol. The van der Waals surface area contributed by atoms with Crippen molar-refractivity contribution in [2.24, 2.45) is 5.92 Å². The van der Waals surface area contributed by atoms with Crippen molar-refractivity contribution in [1.82, 2.24) is 0 Å². The van der Waals surface area contributed by atoms with Crippen LogP contribution in [0.2, 0.25) is 0 Å². The maximum absolute atomic E-state index is 12.0. The first-order chi connectivity index (χ1) is 9.43. The number of carbonyl (C=O) groups is 2. The van der Waals surface area contributed by atoms with Crippen molar-refractivity contribution in [3.05, 3.63) is 29.8 Å². The summed E-state index contributed by atoms with van der Waals surface area (Å²) in [5.41, 5.74) is 0.567. The van der Waals surface area contributed by atoms with E-state index in [9.17, 15) is 18.0 Å². The number of hydrogen-bond acceptors (Lipinski definition) is 5. The van der Waals surface area contributed by atoms with Crippen molar-refractivity contribution in [1.29, 1.82) is 0 Å². The lowest BCUT2D eigenvalue weighted by Gasteiger charge is -2.12. The second-order valence-electron chi connectivity index (χ2n) is 4.63. The Hall–Kier alpha value is -1.89. The van der Waals surface area contributed by atoms with Gasteiger partial charge in [-0.3, -0.25) is 4.79 Å². The third-order valence-electron chi connectivity index (χ3n) is 3.19. The van der Waals surface area contributed by atoms with E-state index in [1.54, 1.807) is 18.2 Å². The molecule has 1 amide bonds. The summed E-state index contributed by atoms with van der Waals surface area (Å²) in [4.78, 5) is 23.6. The number of esters is 1. The number of ether oxygens (including phenoxy) is 1. The number of hydrogen-bond donors (Lipinski definition) is 1. The van der Waals surface area contributed by atoms with Crippen LogP contribution in [0.1, 0.15) is 16.8 Å². The van der Waals surface area contributed by atoms with Crippen LogP contribution >= 0.6 is 0 Å². The summed E-state index contributed by atoms with van der Waals surface area (Å²) in [6.07, 6.45) is 0.314. The van der Waals surface area contributed by atoms with Gasteiger partial charge in [0.05, 0.1) is 35.8 Å². The summed E-state index contributed by atoms with van der Waals surface area (Å²) < 4.78 is 27.4. The number of rotatable bonds is 3. The first kappa shape index (κ1) is 14.5. The minimum atomic E-state index is -3.12. The molecule has 6 nitrogen and oxygen atoms in total. The van der Waals surface area contributed by atoms with Crippen LogP contribution in [0.4, 0.5) is 5.69 Å². The molecule has 0 unspecified atom stereocenters. The number of sulfone groups is 1. The molecule has 0 bridgehead atoms. The molecule has 1 heterocycles. The molecule has 0 aromatic heterocycles. The zero-order chi connectivity index (χ0) is 14.8. The Labute approximate surface area is 117 Å². The fraction of sp³-hybridized carbons (Fsp3) is 0.385. The molecule has 0 spiro atoms. The van der Waals surface area contributed by atoms with E-state index in [4.69, 9.17) is 0 Å². The van der Waals surface area contributed by atoms with Crippen LogP contribution < -0.4 is 5.32 Å². The highest BCUT2D eigenvalue weighted by Gasteiger charge is 2.33. The molecule has 1 atom stereocenters. The Kier molecular flexibility index (Phi) is 4.08. The van der Waals surface area contributed by atoms with Gasteiger partial charge in [-0.15, -0.1) is 0 Å². The summed E-state index contributed by atoms with van der Waals surface area (Å²) in [7, 11) is -1.86. The topological polar surface area (TPSA) is 89.5 Å². The third kappa shape index (κ3) is 3.16. The van der Waals surface area contributed by atoms with Gasteiger partial charge in [-0.05, 0) is 18.6 Å². The fourth-order valence-electron chi connectivity index (χ4n) is 2.12. The zero-order valence-corrected chi connectivity index (χ0v) is 11.8. The number of carbonyl (C=O) groups excluding carboxylic acids is 2. The lowest BCUT2D eigenvalue weighted by molar-refractivity contribution is -0.119. The second kappa shape index (κ2) is 5.62. The molecule has 0 saturated carbocycles. The number of para-hydroxylation sites is 1. The summed E-state index contributed by atoms with van der Waals surface area (Å²) >= 11 is 0. The standard InChI is InChI=1S/C13H15NO5S/c1-19-13(16)10-4-2-3-5-11(10)14-12(15)9-6-7-20(17,18)8-9/h2-5,9H,6-8H2,1H3,(H,14,15)/t9-/m1/s1. The minimum Gasteiger partial charge on any atom is -0.465 e. The third-order valence-corrected chi connectivity index (χ3v) is 4.96. The lowest BCUT2D eigenvalue weighted by atomic mass is 10.1. The van der Waals surface area contributed by atoms with Crippen LogP contribution in [0.3, 0.4) is 0 Å². The number of methoxy groups -OCH3 is 1. The van der Waals surface area contributed by atoms with E-state index >= 15 is 0 Å². The Balaban J connectivity index is 2.15. The SMILES string of the molecule is COC(=O)c1ccccc1NC(=O)[C@@H]1CCS(=O)(=O)C1. The van der Waals surface area contributed by atoms with Crippen LogP contribution in [0.15, 0.2) is 24.3 Å². The van der Waals surface area contributed by atoms with Gasteiger partial charge >= 0.3 is 5.97 Å². The molecule has 1 N–H and O–H groups in total. The summed E-state index contributed by atoms with van der Waals surface area (Å²) in [6.45, 7) is 0. The molecule has 1 aromatic carbocycles. The monoisotopic (exact) mass is 297 g/mol. The maximum atomic E-state index is 12.0. The molecular weight excluding hydrogens is 282 g/mol. The quantitative estimate of drug-likeness (QED) is 0.835. The van der Waals surface area contributed by atoms with Crippen molar-refractivity contribution < 1.29 is 22.7 Å². The molecule has 0 radical (unpaired) electrons. The van der Waals surface area contributed by atoms with Gasteiger partial charge in [-0.2, -0.15) is 0 Å². The molecule has 1 aliphatic rings. The molecule has 1 aromatic rings. The number of benzene rings is 1. The van der Waals surface area contributed by atoms with Gasteiger partial charge in [-0.1, -0.05) is 12.1 Å². The van der Waals surface area contributed by atoms with Crippen molar-refractivity contribution in [3.8, 4) is 0 Å². The van der Waals surface area contributed by atoms with Crippen molar-refractivity contribution in [3.63, 3.8) is 0 Å². The molecular formula is C13H15NO5S. The van der Waals surface area contributed by atoms with Gasteiger partial charge in [0.25, 0.3) is 0 Å². The van der Waals surface area contributed by atoms with Gasteiger partial charge in [0, 0.05) is 0 Å². The summed E-state index contributed by atoms with van der Waals surface area (Å²) in [6, 6.07) is 6.44. The van der Waals surface area contributed by atoms with Crippen molar-refractivity contribution in [2.75, 3.05) is 23.9 Å². The predicted octanol–water partition coefficient (Wildman–Crippen LogP) is 0.846. The summed E-state index contributed by atoms with van der Waals surface area (Å²) in [5, 5.41) is 2.60. The van der Waals surface area contributed by atoms with Crippen LogP contribution in [0.25, 0.3) is 0 Å². The highest BCUT2D eigenvalue weighted by atomic mass is 32.2. The van der Waals surface area contributed by atoms with Crippen LogP contribution in [-0.4, -0.2) is 38.9 Å². The Morgan fingerprint density at radius 1 is 1.30 bits per heavy atom. The molecule has 20 heavy (non-hydrogen) atoms. The predicted molar refractivity (Wildman–Crippen MR) is 73.2 cm³/mol. The molecule has 1 aliphatic heterocycles. The van der Waals surface area contributed by atoms with E-state index in [1.165, 1.54) is 13.2 Å². The van der Waals surface area contributed by atoms with E-state index in [-0.39, 0.29) is 23.0 Å². The van der Waals surface area contributed by atoms with Gasteiger partial charge in [0.2, 0.25) is 5.91 Å². The van der Waals surface area contributed by atoms with E-state index in [1.807, 2.05) is 0 Å². The smallest absolute Gasteiger partial charge is 0.339 e. The first-order valence-electron chi connectivity index (χ1n) is 6.11. The van der Waals surface area contributed by atoms with Crippen LogP contribution in [0.5, 0.6) is 0 Å². The molecule has 108 valence electrons. The van der Waals surface area contributed by atoms with Gasteiger partial charge in [-0.25, -0.2) is 13.2 Å². The van der Waals surface area contributed by atoms with E-state index in [2.05, 4.69) is 10.1 Å². The Bertz CT molecular complexity index is 638. The van der Waals surface area contributed by atoms with Crippen molar-refractivity contribution in [2.45, 2.75) is 6.42 Å². The number of amides is 1. The highest BCUT2D eigenvalue weighted by Crippen LogP contribution is 2.22. The van der Waals surface area contributed by atoms with Crippen LogP contribution in [-0.2, 0) is 19.4 Å². The van der Waals surface area contributed by atoms with Crippen molar-refractivity contribution >= 4 is 27.4 Å². The summed E-state index contributed by atoms with van der Waals surface area (Å²) in [5.74, 6) is -1.61. The lowest BCUT2D eigenvalue weighted by Crippen LogP contribution is -2.24. The van der Waals surface area contributed by atoms with E-state index in [0.717, 1.165) is 0 Å². The van der Waals surface area contributed by atoms with E-state index < -0.39 is 21.7 Å². The molecule has 1 saturated heterocycles. The average Bonchev–Trinajstić information content (AvgIpc) is 2.79. The molecule has 1 fully saturated rings. The second-order valence-corrected chi connectivity index (χ2v) is 6.86. The Morgan fingerprint density at radius 3 is 2.60 bits per heavy atom. The maximum Gasteiger partial charge on any atom is 0.339 e. The van der Waals surface area contributed by atoms with Gasteiger partial charge < -0.3 is 10.1 Å². The largest absolute Gasteiger partial charge is 0.465 e. The molecule has 0 aliphatic carbocycles. The first-order valence-corrected chi connectivity index (χ1v) is 7.94. The van der Waals surface area contributed by atoms with Gasteiger partial charge in [0.1, 0.15) is 0 Å². The minimum absolute atomic E-state index is 0.0315. The van der Waals surface area contributed by atoms with Gasteiger partial charge in [0.15, 0.2) is 9.84 Å². The number of anilines is 1. The zero-order valence-electron chi connectivity index (χ0n) is 11.0. The van der Waals surface area contributed by atoms with Crippen LogP contribution in [0, 0.1) is 5.92 Å². The molecule has 7 heteroatoms. The highest BCUT2D eigenvalue weighted by molar-refractivity contribution is 7.91. The molecule has 2 rings (SSSR count).